The third-order valence-electron chi connectivity index (χ3n) is 4.05. The number of amides is 1. The number of carbonyl (C=O) groups excluding carboxylic acids is 1. The molecule has 1 fully saturated rings. The molecule has 2 rings (SSSR count). The Hall–Kier alpha value is -1.44. The van der Waals surface area contributed by atoms with Crippen molar-refractivity contribution < 1.29 is 14.3 Å². The second-order valence-corrected chi connectivity index (χ2v) is 5.74. The van der Waals surface area contributed by atoms with Crippen molar-refractivity contribution in [2.75, 3.05) is 32.8 Å². The minimum Gasteiger partial charge on any atom is -0.352 e. The first-order valence-electron chi connectivity index (χ1n) is 8.38. The maximum absolute atomic E-state index is 12.1. The molecule has 0 radical (unpaired) electrons. The minimum atomic E-state index is -0.195. The summed E-state index contributed by atoms with van der Waals surface area (Å²) >= 11 is 0. The fourth-order valence-corrected chi connectivity index (χ4v) is 2.93. The highest BCUT2D eigenvalue weighted by Gasteiger charge is 2.27. The van der Waals surface area contributed by atoms with Gasteiger partial charge < -0.3 is 14.8 Å². The maximum atomic E-state index is 12.1. The summed E-state index contributed by atoms with van der Waals surface area (Å²) in [5.74, 6) is -0.0730. The van der Waals surface area contributed by atoms with Gasteiger partial charge in [0.15, 0.2) is 6.29 Å². The summed E-state index contributed by atoms with van der Waals surface area (Å²) in [6.07, 6.45) is 5.33. The van der Waals surface area contributed by atoms with Gasteiger partial charge in [-0.2, -0.15) is 5.10 Å². The van der Waals surface area contributed by atoms with Gasteiger partial charge in [0.1, 0.15) is 0 Å². The molecule has 7 nitrogen and oxygen atoms in total. The van der Waals surface area contributed by atoms with Crippen LogP contribution in [0.25, 0.3) is 0 Å². The van der Waals surface area contributed by atoms with E-state index in [0.717, 1.165) is 25.9 Å². The van der Waals surface area contributed by atoms with Gasteiger partial charge in [-0.05, 0) is 33.2 Å². The molecule has 2 heterocycles. The van der Waals surface area contributed by atoms with Gasteiger partial charge in [0.25, 0.3) is 5.91 Å². The van der Waals surface area contributed by atoms with Crippen LogP contribution in [-0.4, -0.2) is 65.8 Å². The van der Waals surface area contributed by atoms with Crippen molar-refractivity contribution in [2.45, 2.75) is 39.0 Å². The number of aryl methyl sites for hydroxylation is 1. The molecule has 1 aliphatic rings. The SMILES string of the molecule is CCOC(CN1CCC[C@@H]1CNC(=O)c1cnn(C)c1)OCC. The van der Waals surface area contributed by atoms with E-state index >= 15 is 0 Å². The average molecular weight is 324 g/mol. The van der Waals surface area contributed by atoms with E-state index in [1.165, 1.54) is 0 Å². The molecule has 130 valence electrons. The van der Waals surface area contributed by atoms with Gasteiger partial charge in [0.05, 0.1) is 11.8 Å². The van der Waals surface area contributed by atoms with Crippen molar-refractivity contribution in [3.05, 3.63) is 18.0 Å². The maximum Gasteiger partial charge on any atom is 0.254 e. The molecule has 1 amide bonds. The van der Waals surface area contributed by atoms with Crippen LogP contribution in [0, 0.1) is 0 Å². The first-order valence-corrected chi connectivity index (χ1v) is 8.38. The topological polar surface area (TPSA) is 68.6 Å². The lowest BCUT2D eigenvalue weighted by molar-refractivity contribution is -0.148. The summed E-state index contributed by atoms with van der Waals surface area (Å²) in [6.45, 7) is 7.63. The molecule has 0 unspecified atom stereocenters. The van der Waals surface area contributed by atoms with E-state index in [9.17, 15) is 4.79 Å². The fourth-order valence-electron chi connectivity index (χ4n) is 2.93. The number of nitrogens with zero attached hydrogens (tertiary/aromatic N) is 3. The molecule has 1 N–H and O–H groups in total. The molecule has 1 aromatic rings. The predicted molar refractivity (Wildman–Crippen MR) is 87.2 cm³/mol. The third kappa shape index (κ3) is 5.30. The van der Waals surface area contributed by atoms with Crippen LogP contribution in [0.4, 0.5) is 0 Å². The summed E-state index contributed by atoms with van der Waals surface area (Å²) in [6, 6.07) is 0.332. The molecule has 7 heteroatoms. The normalized spacial score (nSPS) is 18.7. The average Bonchev–Trinajstić information content (AvgIpc) is 3.14. The molecule has 0 aliphatic carbocycles. The zero-order valence-electron chi connectivity index (χ0n) is 14.3. The lowest BCUT2D eigenvalue weighted by Gasteiger charge is -2.28. The van der Waals surface area contributed by atoms with Crippen LogP contribution in [0.1, 0.15) is 37.0 Å². The lowest BCUT2D eigenvalue weighted by atomic mass is 10.2. The highest BCUT2D eigenvalue weighted by Crippen LogP contribution is 2.18. The molecule has 1 saturated heterocycles. The lowest BCUT2D eigenvalue weighted by Crippen LogP contribution is -2.44. The van der Waals surface area contributed by atoms with Crippen LogP contribution >= 0.6 is 0 Å². The number of nitrogens with one attached hydrogen (secondary N) is 1. The van der Waals surface area contributed by atoms with E-state index in [2.05, 4.69) is 15.3 Å². The van der Waals surface area contributed by atoms with Crippen LogP contribution in [0.15, 0.2) is 12.4 Å². The van der Waals surface area contributed by atoms with Crippen LogP contribution in [0.3, 0.4) is 0 Å². The molecular formula is C16H28N4O3. The molecule has 1 aliphatic heterocycles. The van der Waals surface area contributed by atoms with Crippen molar-refractivity contribution >= 4 is 5.91 Å². The number of rotatable bonds is 9. The van der Waals surface area contributed by atoms with Crippen molar-refractivity contribution in [3.63, 3.8) is 0 Å². The van der Waals surface area contributed by atoms with E-state index in [1.807, 2.05) is 13.8 Å². The smallest absolute Gasteiger partial charge is 0.254 e. The van der Waals surface area contributed by atoms with E-state index in [4.69, 9.17) is 9.47 Å². The van der Waals surface area contributed by atoms with Crippen LogP contribution < -0.4 is 5.32 Å². The highest BCUT2D eigenvalue weighted by molar-refractivity contribution is 5.93. The molecule has 0 saturated carbocycles. The Bertz CT molecular complexity index is 485. The zero-order valence-corrected chi connectivity index (χ0v) is 14.3. The highest BCUT2D eigenvalue weighted by atomic mass is 16.7. The Kier molecular flexibility index (Phi) is 7.01. The zero-order chi connectivity index (χ0) is 16.7. The molecule has 0 aromatic carbocycles. The van der Waals surface area contributed by atoms with Crippen molar-refractivity contribution in [3.8, 4) is 0 Å². The fraction of sp³-hybridized carbons (Fsp3) is 0.750. The Morgan fingerprint density at radius 1 is 1.43 bits per heavy atom. The molecule has 0 spiro atoms. The number of hydrogen-bond donors (Lipinski definition) is 1. The van der Waals surface area contributed by atoms with Crippen LogP contribution in [0.5, 0.6) is 0 Å². The number of aromatic nitrogens is 2. The van der Waals surface area contributed by atoms with Gasteiger partial charge in [0, 0.05) is 45.6 Å². The van der Waals surface area contributed by atoms with Crippen molar-refractivity contribution in [2.24, 2.45) is 7.05 Å². The Labute approximate surface area is 137 Å². The number of likely N-dealkylation sites (tertiary alicyclic amines) is 1. The van der Waals surface area contributed by atoms with Crippen LogP contribution in [0.2, 0.25) is 0 Å². The van der Waals surface area contributed by atoms with Crippen LogP contribution in [-0.2, 0) is 16.5 Å². The Morgan fingerprint density at radius 2 is 2.17 bits per heavy atom. The standard InChI is InChI=1S/C16H28N4O3/c1-4-22-15(23-5-2)12-20-8-6-7-14(20)10-17-16(21)13-9-18-19(3)11-13/h9,11,14-15H,4-8,10,12H2,1-3H3,(H,17,21)/t14-/m1/s1. The Morgan fingerprint density at radius 3 is 2.78 bits per heavy atom. The summed E-state index contributed by atoms with van der Waals surface area (Å²) in [5.41, 5.74) is 0.596. The Balaban J connectivity index is 1.82. The monoisotopic (exact) mass is 324 g/mol. The van der Waals surface area contributed by atoms with E-state index in [1.54, 1.807) is 24.1 Å². The molecule has 0 bridgehead atoms. The molecular weight excluding hydrogens is 296 g/mol. The van der Waals surface area contributed by atoms with Gasteiger partial charge in [-0.15, -0.1) is 0 Å². The summed E-state index contributed by atoms with van der Waals surface area (Å²) in [7, 11) is 1.80. The minimum absolute atomic E-state index is 0.0730. The van der Waals surface area contributed by atoms with Gasteiger partial charge >= 0.3 is 0 Å². The van der Waals surface area contributed by atoms with E-state index in [-0.39, 0.29) is 12.2 Å². The number of carbonyl (C=O) groups is 1. The van der Waals surface area contributed by atoms with Gasteiger partial charge in [-0.3, -0.25) is 14.4 Å². The molecule has 23 heavy (non-hydrogen) atoms. The number of ether oxygens (including phenoxy) is 2. The molecule has 1 atom stereocenters. The quantitative estimate of drug-likeness (QED) is 0.687. The summed E-state index contributed by atoms with van der Waals surface area (Å²) < 4.78 is 12.9. The number of hydrogen-bond acceptors (Lipinski definition) is 5. The van der Waals surface area contributed by atoms with Gasteiger partial charge in [-0.25, -0.2) is 0 Å². The summed E-state index contributed by atoms with van der Waals surface area (Å²) in [4.78, 5) is 14.5. The second kappa shape index (κ2) is 9.00. The third-order valence-corrected chi connectivity index (χ3v) is 4.05. The van der Waals surface area contributed by atoms with Gasteiger partial charge in [0.2, 0.25) is 0 Å². The van der Waals surface area contributed by atoms with E-state index in [0.29, 0.717) is 31.4 Å². The summed E-state index contributed by atoms with van der Waals surface area (Å²) in [5, 5.41) is 7.03. The van der Waals surface area contributed by atoms with E-state index < -0.39 is 0 Å². The largest absolute Gasteiger partial charge is 0.352 e. The first-order chi connectivity index (χ1) is 11.1. The molecule has 1 aromatic heterocycles. The first kappa shape index (κ1) is 17.9. The predicted octanol–water partition coefficient (Wildman–Crippen LogP) is 1.01. The second-order valence-electron chi connectivity index (χ2n) is 5.74. The van der Waals surface area contributed by atoms with Crippen molar-refractivity contribution in [1.82, 2.24) is 20.0 Å². The van der Waals surface area contributed by atoms with Crippen molar-refractivity contribution in [1.29, 1.82) is 0 Å². The van der Waals surface area contributed by atoms with Gasteiger partial charge in [-0.1, -0.05) is 0 Å².